The summed E-state index contributed by atoms with van der Waals surface area (Å²) >= 11 is 5.46. The first-order chi connectivity index (χ1) is 7.10. The zero-order valence-corrected chi connectivity index (χ0v) is 8.43. The van der Waals surface area contributed by atoms with Crippen molar-refractivity contribution >= 4 is 17.4 Å². The molecule has 0 aromatic carbocycles. The van der Waals surface area contributed by atoms with Crippen LogP contribution in [0.4, 0.5) is 14.6 Å². The number of nitrogen functional groups attached to an aromatic ring is 1. The summed E-state index contributed by atoms with van der Waals surface area (Å²) < 4.78 is 25.1. The quantitative estimate of drug-likeness (QED) is 0.813. The number of nitriles is 1. The van der Waals surface area contributed by atoms with Gasteiger partial charge in [-0.1, -0.05) is 0 Å². The van der Waals surface area contributed by atoms with E-state index in [4.69, 9.17) is 22.6 Å². The van der Waals surface area contributed by atoms with Gasteiger partial charge in [-0.2, -0.15) is 5.26 Å². The Morgan fingerprint density at radius 2 is 2.27 bits per heavy atom. The van der Waals surface area contributed by atoms with Crippen molar-refractivity contribution in [1.82, 2.24) is 4.98 Å². The van der Waals surface area contributed by atoms with Gasteiger partial charge < -0.3 is 5.73 Å². The summed E-state index contributed by atoms with van der Waals surface area (Å²) in [6.07, 6.45) is -2.70. The van der Waals surface area contributed by atoms with Crippen molar-refractivity contribution in [2.75, 3.05) is 5.73 Å². The van der Waals surface area contributed by atoms with Gasteiger partial charge in [-0.05, 0) is 6.07 Å². The molecule has 0 atom stereocenters. The number of aromatic nitrogens is 1. The lowest BCUT2D eigenvalue weighted by atomic mass is 10.1. The van der Waals surface area contributed by atoms with Gasteiger partial charge in [0, 0.05) is 11.1 Å². The van der Waals surface area contributed by atoms with E-state index in [9.17, 15) is 8.78 Å². The predicted molar refractivity (Wildman–Crippen MR) is 52.5 cm³/mol. The number of pyridine rings is 1. The molecule has 1 aromatic heterocycles. The molecule has 0 amide bonds. The summed E-state index contributed by atoms with van der Waals surface area (Å²) in [5.41, 5.74) is 5.59. The van der Waals surface area contributed by atoms with Gasteiger partial charge in [0.15, 0.2) is 0 Å². The first-order valence-corrected chi connectivity index (χ1v) is 4.62. The Bertz CT molecular complexity index is 401. The molecule has 3 nitrogen and oxygen atoms in total. The first-order valence-electron chi connectivity index (χ1n) is 4.09. The van der Waals surface area contributed by atoms with E-state index in [1.807, 2.05) is 6.07 Å². The molecule has 15 heavy (non-hydrogen) atoms. The molecule has 80 valence electrons. The Morgan fingerprint density at radius 3 is 2.73 bits per heavy atom. The molecule has 0 aliphatic rings. The Labute approximate surface area is 90.5 Å². The fraction of sp³-hybridized carbons (Fsp3) is 0.333. The summed E-state index contributed by atoms with van der Waals surface area (Å²) in [4.78, 5) is 3.75. The number of hydrogen-bond donors (Lipinski definition) is 1. The van der Waals surface area contributed by atoms with E-state index in [0.29, 0.717) is 5.56 Å². The highest BCUT2D eigenvalue weighted by atomic mass is 35.5. The highest BCUT2D eigenvalue weighted by Crippen LogP contribution is 2.26. The molecule has 0 fully saturated rings. The molecule has 0 radical (unpaired) electrons. The molecule has 1 heterocycles. The SMILES string of the molecule is N#CCc1cc(C(F)F)c(CCl)nc1N. The van der Waals surface area contributed by atoms with Crippen LogP contribution in [0.2, 0.25) is 0 Å². The topological polar surface area (TPSA) is 62.7 Å². The number of nitrogens with two attached hydrogens (primary N) is 1. The summed E-state index contributed by atoms with van der Waals surface area (Å²) in [6, 6.07) is 3.02. The third kappa shape index (κ3) is 2.54. The fourth-order valence-corrected chi connectivity index (χ4v) is 1.36. The molecular formula is C9H8ClF2N3. The molecule has 0 saturated heterocycles. The second kappa shape index (κ2) is 4.89. The molecule has 0 aliphatic heterocycles. The number of rotatable bonds is 3. The Hall–Kier alpha value is -1.41. The van der Waals surface area contributed by atoms with Crippen molar-refractivity contribution in [3.8, 4) is 6.07 Å². The highest BCUT2D eigenvalue weighted by molar-refractivity contribution is 6.17. The minimum absolute atomic E-state index is 0.0406. The van der Waals surface area contributed by atoms with Crippen LogP contribution in [0.3, 0.4) is 0 Å². The summed E-state index contributed by atoms with van der Waals surface area (Å²) in [6.45, 7) is 0. The maximum absolute atomic E-state index is 12.5. The van der Waals surface area contributed by atoms with Crippen molar-refractivity contribution in [3.05, 3.63) is 22.9 Å². The van der Waals surface area contributed by atoms with Crippen LogP contribution in [0.1, 0.15) is 23.2 Å². The van der Waals surface area contributed by atoms with Gasteiger partial charge in [0.05, 0.1) is 24.1 Å². The number of hydrogen-bond acceptors (Lipinski definition) is 3. The molecule has 0 aliphatic carbocycles. The number of anilines is 1. The van der Waals surface area contributed by atoms with Crippen molar-refractivity contribution in [3.63, 3.8) is 0 Å². The van der Waals surface area contributed by atoms with E-state index < -0.39 is 6.43 Å². The molecule has 0 unspecified atom stereocenters. The van der Waals surface area contributed by atoms with Crippen LogP contribution in [0.5, 0.6) is 0 Å². The molecule has 0 saturated carbocycles. The maximum atomic E-state index is 12.5. The van der Waals surface area contributed by atoms with E-state index in [-0.39, 0.29) is 29.4 Å². The Morgan fingerprint density at radius 1 is 1.60 bits per heavy atom. The van der Waals surface area contributed by atoms with Crippen molar-refractivity contribution in [1.29, 1.82) is 5.26 Å². The van der Waals surface area contributed by atoms with Crippen LogP contribution in [0.15, 0.2) is 6.07 Å². The fourth-order valence-electron chi connectivity index (χ4n) is 1.15. The molecule has 1 rings (SSSR count). The van der Waals surface area contributed by atoms with Gasteiger partial charge in [0.1, 0.15) is 5.82 Å². The van der Waals surface area contributed by atoms with Crippen molar-refractivity contribution in [2.45, 2.75) is 18.7 Å². The third-order valence-corrected chi connectivity index (χ3v) is 2.13. The van der Waals surface area contributed by atoms with Gasteiger partial charge in [-0.3, -0.25) is 0 Å². The van der Waals surface area contributed by atoms with Gasteiger partial charge in [-0.15, -0.1) is 11.6 Å². The molecule has 1 aromatic rings. The van der Waals surface area contributed by atoms with E-state index >= 15 is 0 Å². The average Bonchev–Trinajstić information content (AvgIpc) is 2.20. The molecule has 6 heteroatoms. The van der Waals surface area contributed by atoms with Crippen molar-refractivity contribution in [2.24, 2.45) is 0 Å². The summed E-state index contributed by atoms with van der Waals surface area (Å²) in [5, 5.41) is 8.45. The Balaban J connectivity index is 3.25. The number of alkyl halides is 3. The van der Waals surface area contributed by atoms with E-state index in [2.05, 4.69) is 4.98 Å². The zero-order chi connectivity index (χ0) is 11.4. The van der Waals surface area contributed by atoms with Crippen LogP contribution in [-0.2, 0) is 12.3 Å². The molecular weight excluding hydrogens is 224 g/mol. The molecule has 0 bridgehead atoms. The molecule has 0 spiro atoms. The van der Waals surface area contributed by atoms with E-state index in [1.165, 1.54) is 6.07 Å². The van der Waals surface area contributed by atoms with Crippen LogP contribution < -0.4 is 5.73 Å². The van der Waals surface area contributed by atoms with Gasteiger partial charge in [0.2, 0.25) is 0 Å². The van der Waals surface area contributed by atoms with Gasteiger partial charge >= 0.3 is 0 Å². The molecule has 2 N–H and O–H groups in total. The largest absolute Gasteiger partial charge is 0.383 e. The smallest absolute Gasteiger partial charge is 0.265 e. The standard InChI is InChI=1S/C9H8ClF2N3/c10-4-7-6(8(11)12)3-5(1-2-13)9(14)15-7/h3,8H,1,4H2,(H2,14,15). The highest BCUT2D eigenvalue weighted by Gasteiger charge is 2.16. The average molecular weight is 232 g/mol. The lowest BCUT2D eigenvalue weighted by Crippen LogP contribution is -2.04. The van der Waals surface area contributed by atoms with Crippen LogP contribution in [0, 0.1) is 11.3 Å². The van der Waals surface area contributed by atoms with E-state index in [1.54, 1.807) is 0 Å². The minimum atomic E-state index is -2.66. The van der Waals surface area contributed by atoms with Gasteiger partial charge in [0.25, 0.3) is 6.43 Å². The number of nitrogens with zero attached hydrogens (tertiary/aromatic N) is 2. The van der Waals surface area contributed by atoms with Crippen LogP contribution in [-0.4, -0.2) is 4.98 Å². The second-order valence-corrected chi connectivity index (χ2v) is 3.11. The van der Waals surface area contributed by atoms with Crippen LogP contribution in [0.25, 0.3) is 0 Å². The van der Waals surface area contributed by atoms with Gasteiger partial charge in [-0.25, -0.2) is 13.8 Å². The summed E-state index contributed by atoms with van der Waals surface area (Å²) in [5.74, 6) is -0.0481. The summed E-state index contributed by atoms with van der Waals surface area (Å²) in [7, 11) is 0. The second-order valence-electron chi connectivity index (χ2n) is 2.84. The monoisotopic (exact) mass is 231 g/mol. The first kappa shape index (κ1) is 11.7. The zero-order valence-electron chi connectivity index (χ0n) is 7.67. The maximum Gasteiger partial charge on any atom is 0.265 e. The third-order valence-electron chi connectivity index (χ3n) is 1.88. The van der Waals surface area contributed by atoms with Crippen LogP contribution >= 0.6 is 11.6 Å². The van der Waals surface area contributed by atoms with Crippen molar-refractivity contribution < 1.29 is 8.78 Å². The number of halogens is 3. The predicted octanol–water partition coefficient (Wildman–Crippen LogP) is 2.41. The Kier molecular flexibility index (Phi) is 3.81. The normalized spacial score (nSPS) is 10.3. The minimum Gasteiger partial charge on any atom is -0.383 e. The lowest BCUT2D eigenvalue weighted by molar-refractivity contribution is 0.150. The lowest BCUT2D eigenvalue weighted by Gasteiger charge is -2.09. The van der Waals surface area contributed by atoms with E-state index in [0.717, 1.165) is 0 Å².